The van der Waals surface area contributed by atoms with Crippen LogP contribution in [0.1, 0.15) is 18.7 Å². The highest BCUT2D eigenvalue weighted by atomic mass is 16.5. The molecule has 1 saturated heterocycles. The molecule has 0 saturated carbocycles. The van der Waals surface area contributed by atoms with Gasteiger partial charge in [-0.25, -0.2) is 14.8 Å². The van der Waals surface area contributed by atoms with Gasteiger partial charge in [0, 0.05) is 26.3 Å². The minimum absolute atomic E-state index is 0.109. The third kappa shape index (κ3) is 2.33. The second-order valence-corrected chi connectivity index (χ2v) is 4.64. The van der Waals surface area contributed by atoms with Gasteiger partial charge in [-0.2, -0.15) is 0 Å². The Balaban J connectivity index is 0.000000187. The Morgan fingerprint density at radius 2 is 2.05 bits per heavy atom. The van der Waals surface area contributed by atoms with E-state index < -0.39 is 0 Å². The molecule has 0 spiro atoms. The lowest BCUT2D eigenvalue weighted by Crippen LogP contribution is -2.25. The van der Waals surface area contributed by atoms with Gasteiger partial charge < -0.3 is 10.1 Å². The van der Waals surface area contributed by atoms with Crippen LogP contribution in [0, 0.1) is 6.92 Å². The molecule has 2 aliphatic heterocycles. The number of aromatic amines is 1. The first-order chi connectivity index (χ1) is 9.25. The monoisotopic (exact) mass is 263 g/mol. The van der Waals surface area contributed by atoms with E-state index in [0.717, 1.165) is 31.1 Å². The topological polar surface area (TPSA) is 84.8 Å². The summed E-state index contributed by atoms with van der Waals surface area (Å²) in [4.78, 5) is 22.6. The lowest BCUT2D eigenvalue weighted by Gasteiger charge is -2.14. The van der Waals surface area contributed by atoms with Crippen LogP contribution in [0.5, 0.6) is 0 Å². The first kappa shape index (κ1) is 12.2. The van der Waals surface area contributed by atoms with Gasteiger partial charge in [0.15, 0.2) is 11.5 Å². The van der Waals surface area contributed by atoms with Crippen molar-refractivity contribution in [1.29, 1.82) is 0 Å². The third-order valence-corrected chi connectivity index (χ3v) is 3.19. The van der Waals surface area contributed by atoms with E-state index in [1.165, 1.54) is 12.8 Å². The van der Waals surface area contributed by atoms with Gasteiger partial charge in [0.1, 0.15) is 11.3 Å². The molecule has 4 heterocycles. The number of rotatable bonds is 0. The number of imidazole rings is 1. The highest BCUT2D eigenvalue weighted by Gasteiger charge is 2.17. The molecule has 19 heavy (non-hydrogen) atoms. The molecular weight excluding hydrogens is 246 g/mol. The van der Waals surface area contributed by atoms with Gasteiger partial charge in [-0.05, 0) is 19.8 Å². The maximum atomic E-state index is 11.5. The van der Waals surface area contributed by atoms with Crippen LogP contribution < -0.4 is 11.0 Å². The number of aromatic nitrogens is 4. The number of nitrogens with one attached hydrogen (secondary N) is 2. The second-order valence-electron chi connectivity index (χ2n) is 4.64. The average molecular weight is 263 g/mol. The Labute approximate surface area is 110 Å². The van der Waals surface area contributed by atoms with Gasteiger partial charge in [-0.15, -0.1) is 0 Å². The van der Waals surface area contributed by atoms with E-state index in [1.54, 1.807) is 4.57 Å². The molecule has 1 fully saturated rings. The van der Waals surface area contributed by atoms with Crippen LogP contribution in [0.4, 0.5) is 5.82 Å². The summed E-state index contributed by atoms with van der Waals surface area (Å²) in [5.41, 5.74) is 1.29. The number of anilines is 1. The van der Waals surface area contributed by atoms with Crippen LogP contribution in [0.3, 0.4) is 0 Å². The lowest BCUT2D eigenvalue weighted by atomic mass is 10.4. The SMILES string of the molecule is C1CCOC1.Cc1nc2c3c(n1)[nH]c(=O)n3CCN2. The van der Waals surface area contributed by atoms with Gasteiger partial charge >= 0.3 is 5.69 Å². The van der Waals surface area contributed by atoms with Crippen molar-refractivity contribution in [3.8, 4) is 0 Å². The van der Waals surface area contributed by atoms with Crippen molar-refractivity contribution >= 4 is 17.0 Å². The fourth-order valence-corrected chi connectivity index (χ4v) is 2.31. The average Bonchev–Trinajstić information content (AvgIpc) is 3.03. The van der Waals surface area contributed by atoms with Gasteiger partial charge in [-0.3, -0.25) is 9.55 Å². The minimum atomic E-state index is -0.109. The predicted molar refractivity (Wildman–Crippen MR) is 71.4 cm³/mol. The summed E-state index contributed by atoms with van der Waals surface area (Å²) in [6.07, 6.45) is 2.56. The summed E-state index contributed by atoms with van der Waals surface area (Å²) < 4.78 is 6.61. The molecule has 2 aliphatic rings. The van der Waals surface area contributed by atoms with Crippen LogP contribution in [-0.2, 0) is 11.3 Å². The van der Waals surface area contributed by atoms with Crippen molar-refractivity contribution in [2.24, 2.45) is 0 Å². The summed E-state index contributed by atoms with van der Waals surface area (Å²) in [6, 6.07) is 0. The Morgan fingerprint density at radius 3 is 2.74 bits per heavy atom. The van der Waals surface area contributed by atoms with Crippen molar-refractivity contribution < 1.29 is 4.74 Å². The minimum Gasteiger partial charge on any atom is -0.381 e. The van der Waals surface area contributed by atoms with Crippen LogP contribution in [-0.4, -0.2) is 39.3 Å². The first-order valence-corrected chi connectivity index (χ1v) is 6.54. The van der Waals surface area contributed by atoms with Crippen LogP contribution in [0.15, 0.2) is 4.79 Å². The zero-order valence-electron chi connectivity index (χ0n) is 10.9. The fraction of sp³-hybridized carbons (Fsp3) is 0.583. The second kappa shape index (κ2) is 5.00. The smallest absolute Gasteiger partial charge is 0.327 e. The summed E-state index contributed by atoms with van der Waals surface area (Å²) in [5, 5.41) is 3.15. The van der Waals surface area contributed by atoms with Gasteiger partial charge in [0.05, 0.1) is 0 Å². The molecule has 7 heteroatoms. The van der Waals surface area contributed by atoms with E-state index in [0.29, 0.717) is 18.0 Å². The molecule has 2 aromatic heterocycles. The summed E-state index contributed by atoms with van der Waals surface area (Å²) in [7, 11) is 0. The number of ether oxygens (including phenoxy) is 1. The van der Waals surface area contributed by atoms with E-state index in [2.05, 4.69) is 20.3 Å². The van der Waals surface area contributed by atoms with E-state index >= 15 is 0 Å². The summed E-state index contributed by atoms with van der Waals surface area (Å²) >= 11 is 0. The fourth-order valence-electron chi connectivity index (χ4n) is 2.31. The number of H-pyrrole nitrogens is 1. The normalized spacial score (nSPS) is 16.9. The molecule has 2 aromatic rings. The molecule has 0 amide bonds. The first-order valence-electron chi connectivity index (χ1n) is 6.54. The quantitative estimate of drug-likeness (QED) is 0.729. The molecule has 0 bridgehead atoms. The van der Waals surface area contributed by atoms with E-state index in [9.17, 15) is 4.79 Å². The standard InChI is InChI=1S/C8H9N5O.C4H8O/c1-4-10-6-5-7(11-4)12-8(14)13(5)3-2-9-6;1-2-4-5-3-1/h2-3H2,1H3,(H2,9,10,11,12,14);1-4H2. The number of hydrogen-bond acceptors (Lipinski definition) is 5. The van der Waals surface area contributed by atoms with Crippen LogP contribution in [0.25, 0.3) is 11.2 Å². The zero-order chi connectivity index (χ0) is 13.2. The number of hydrogen-bond donors (Lipinski definition) is 2. The molecular formula is C12H17N5O2. The van der Waals surface area contributed by atoms with Crippen molar-refractivity contribution in [2.45, 2.75) is 26.3 Å². The summed E-state index contributed by atoms with van der Waals surface area (Å²) in [5.74, 6) is 1.41. The van der Waals surface area contributed by atoms with Crippen molar-refractivity contribution in [3.63, 3.8) is 0 Å². The molecule has 2 N–H and O–H groups in total. The van der Waals surface area contributed by atoms with E-state index in [4.69, 9.17) is 4.74 Å². The number of aryl methyl sites for hydroxylation is 1. The van der Waals surface area contributed by atoms with Gasteiger partial charge in [0.2, 0.25) is 0 Å². The van der Waals surface area contributed by atoms with Crippen molar-refractivity contribution in [3.05, 3.63) is 16.3 Å². The van der Waals surface area contributed by atoms with Gasteiger partial charge in [-0.1, -0.05) is 0 Å². The molecule has 7 nitrogen and oxygen atoms in total. The molecule has 0 unspecified atom stereocenters. The third-order valence-electron chi connectivity index (χ3n) is 3.19. The lowest BCUT2D eigenvalue weighted by molar-refractivity contribution is 0.198. The molecule has 0 atom stereocenters. The molecule has 0 aliphatic carbocycles. The molecule has 102 valence electrons. The van der Waals surface area contributed by atoms with Crippen molar-refractivity contribution in [1.82, 2.24) is 19.5 Å². The Morgan fingerprint density at radius 1 is 1.26 bits per heavy atom. The Kier molecular flexibility index (Phi) is 3.20. The highest BCUT2D eigenvalue weighted by molar-refractivity contribution is 5.83. The van der Waals surface area contributed by atoms with E-state index in [-0.39, 0.29) is 5.69 Å². The molecule has 0 radical (unpaired) electrons. The van der Waals surface area contributed by atoms with E-state index in [1.807, 2.05) is 6.92 Å². The number of nitrogens with zero attached hydrogens (tertiary/aromatic N) is 3. The molecule has 0 aromatic carbocycles. The van der Waals surface area contributed by atoms with Crippen molar-refractivity contribution in [2.75, 3.05) is 25.1 Å². The summed E-state index contributed by atoms with van der Waals surface area (Å²) in [6.45, 7) is 5.20. The maximum Gasteiger partial charge on any atom is 0.327 e. The Bertz CT molecular complexity index is 634. The predicted octanol–water partition coefficient (Wildman–Crippen LogP) is 0.650. The largest absolute Gasteiger partial charge is 0.381 e. The van der Waals surface area contributed by atoms with Gasteiger partial charge in [0.25, 0.3) is 0 Å². The maximum absolute atomic E-state index is 11.5. The zero-order valence-corrected chi connectivity index (χ0v) is 10.9. The van der Waals surface area contributed by atoms with Crippen LogP contribution >= 0.6 is 0 Å². The molecule has 4 rings (SSSR count). The highest BCUT2D eigenvalue weighted by Crippen LogP contribution is 2.20. The Hall–Kier alpha value is -1.89. The van der Waals surface area contributed by atoms with Crippen LogP contribution in [0.2, 0.25) is 0 Å².